The van der Waals surface area contributed by atoms with Gasteiger partial charge in [-0.2, -0.15) is 26.3 Å². The Morgan fingerprint density at radius 1 is 0.704 bits per heavy atom. The van der Waals surface area contributed by atoms with Crippen LogP contribution in [0.5, 0.6) is 0 Å². The summed E-state index contributed by atoms with van der Waals surface area (Å²) in [5.74, 6) is -3.59. The molecule has 0 spiro atoms. The molecule has 2 aromatic rings. The molecule has 27 heavy (non-hydrogen) atoms. The van der Waals surface area contributed by atoms with Crippen molar-refractivity contribution in [3.8, 4) is 0 Å². The molecule has 0 unspecified atom stereocenters. The van der Waals surface area contributed by atoms with Gasteiger partial charge in [-0.25, -0.2) is 9.59 Å². The number of hydrogen-bond acceptors (Lipinski definition) is 2. The number of carbonyl (C=O) groups is 2. The summed E-state index contributed by atoms with van der Waals surface area (Å²) in [7, 11) is 0. The molecule has 0 amide bonds. The van der Waals surface area contributed by atoms with E-state index in [1.54, 1.807) is 0 Å². The van der Waals surface area contributed by atoms with Crippen molar-refractivity contribution >= 4 is 11.9 Å². The number of carboxylic acids is 2. The molecule has 0 aliphatic rings. The Labute approximate surface area is 147 Å². The second-order valence-corrected chi connectivity index (χ2v) is 5.54. The Morgan fingerprint density at radius 3 is 1.30 bits per heavy atom. The van der Waals surface area contributed by atoms with Crippen LogP contribution in [-0.4, -0.2) is 22.2 Å². The van der Waals surface area contributed by atoms with Crippen molar-refractivity contribution in [2.45, 2.75) is 18.8 Å². The lowest BCUT2D eigenvalue weighted by molar-refractivity contribution is -0.138. The summed E-state index contributed by atoms with van der Waals surface area (Å²) in [6.07, 6.45) is -10.3. The van der Waals surface area contributed by atoms with E-state index in [0.717, 1.165) is 24.3 Å². The standard InChI is InChI=1S/C17H10F6O4/c18-16(19,20)12-6-8(1-3-10(12)14(24)25)5-9-2-4-11(15(26)27)13(7-9)17(21,22)23/h1-4,6-7H,5H2,(H,24,25)(H,26,27). The first-order valence-electron chi connectivity index (χ1n) is 7.17. The molecule has 0 atom stereocenters. The summed E-state index contributed by atoms with van der Waals surface area (Å²) >= 11 is 0. The van der Waals surface area contributed by atoms with Gasteiger partial charge in [-0.15, -0.1) is 0 Å². The van der Waals surface area contributed by atoms with E-state index in [-0.39, 0.29) is 17.5 Å². The van der Waals surface area contributed by atoms with Gasteiger partial charge >= 0.3 is 24.3 Å². The molecule has 10 heteroatoms. The van der Waals surface area contributed by atoms with Crippen LogP contribution >= 0.6 is 0 Å². The van der Waals surface area contributed by atoms with Crippen molar-refractivity contribution < 1.29 is 46.1 Å². The van der Waals surface area contributed by atoms with Gasteiger partial charge in [0.05, 0.1) is 22.3 Å². The summed E-state index contributed by atoms with van der Waals surface area (Å²) in [5.41, 5.74) is -4.98. The maximum Gasteiger partial charge on any atom is 0.417 e. The van der Waals surface area contributed by atoms with E-state index in [1.165, 1.54) is 0 Å². The molecule has 0 bridgehead atoms. The highest BCUT2D eigenvalue weighted by Crippen LogP contribution is 2.35. The third-order valence-electron chi connectivity index (χ3n) is 3.65. The minimum atomic E-state index is -4.96. The number of benzene rings is 2. The van der Waals surface area contributed by atoms with Gasteiger partial charge in [0.1, 0.15) is 0 Å². The van der Waals surface area contributed by atoms with Crippen molar-refractivity contribution in [1.29, 1.82) is 0 Å². The highest BCUT2D eigenvalue weighted by Gasteiger charge is 2.37. The average molecular weight is 392 g/mol. The second kappa shape index (κ2) is 6.93. The monoisotopic (exact) mass is 392 g/mol. The summed E-state index contributed by atoms with van der Waals surface area (Å²) in [4.78, 5) is 21.8. The lowest BCUT2D eigenvalue weighted by atomic mass is 9.96. The van der Waals surface area contributed by atoms with Gasteiger partial charge in [0.25, 0.3) is 0 Å². The van der Waals surface area contributed by atoms with Gasteiger partial charge in [-0.1, -0.05) is 12.1 Å². The minimum absolute atomic E-state index is 0.0801. The fourth-order valence-electron chi connectivity index (χ4n) is 2.48. The molecule has 2 rings (SSSR count). The van der Waals surface area contributed by atoms with Crippen LogP contribution in [0, 0.1) is 0 Å². The zero-order valence-corrected chi connectivity index (χ0v) is 13.1. The Kier molecular flexibility index (Phi) is 5.21. The highest BCUT2D eigenvalue weighted by atomic mass is 19.4. The normalized spacial score (nSPS) is 12.1. The van der Waals surface area contributed by atoms with E-state index < -0.39 is 46.5 Å². The highest BCUT2D eigenvalue weighted by molar-refractivity contribution is 5.90. The molecule has 0 aromatic heterocycles. The maximum absolute atomic E-state index is 13.0. The van der Waals surface area contributed by atoms with Crippen LogP contribution < -0.4 is 0 Å². The SMILES string of the molecule is O=C(O)c1ccc(Cc2ccc(C(=O)O)c(C(F)(F)F)c2)cc1C(F)(F)F. The fraction of sp³-hybridized carbons (Fsp3) is 0.176. The molecule has 0 radical (unpaired) electrons. The lowest BCUT2D eigenvalue weighted by Crippen LogP contribution is -2.14. The van der Waals surface area contributed by atoms with Crippen molar-refractivity contribution in [2.75, 3.05) is 0 Å². The third-order valence-corrected chi connectivity index (χ3v) is 3.65. The van der Waals surface area contributed by atoms with Crippen LogP contribution in [-0.2, 0) is 18.8 Å². The summed E-state index contributed by atoms with van der Waals surface area (Å²) in [6, 6.07) is 4.63. The third kappa shape index (κ3) is 4.57. The molecule has 2 N–H and O–H groups in total. The zero-order chi connectivity index (χ0) is 20.6. The number of hydrogen-bond donors (Lipinski definition) is 2. The van der Waals surface area contributed by atoms with Crippen molar-refractivity contribution in [3.05, 3.63) is 69.8 Å². The smallest absolute Gasteiger partial charge is 0.417 e. The van der Waals surface area contributed by atoms with Gasteiger partial charge < -0.3 is 10.2 Å². The first-order valence-corrected chi connectivity index (χ1v) is 7.17. The Bertz CT molecular complexity index is 826. The summed E-state index contributed by atoms with van der Waals surface area (Å²) in [6.45, 7) is 0. The van der Waals surface area contributed by atoms with E-state index in [2.05, 4.69) is 0 Å². The molecule has 0 saturated carbocycles. The molecular weight excluding hydrogens is 382 g/mol. The Hall–Kier alpha value is -3.04. The van der Waals surface area contributed by atoms with E-state index in [4.69, 9.17) is 10.2 Å². The van der Waals surface area contributed by atoms with Crippen LogP contribution in [0.4, 0.5) is 26.3 Å². The molecule has 0 fully saturated rings. The van der Waals surface area contributed by atoms with Crippen LogP contribution in [0.1, 0.15) is 43.0 Å². The van der Waals surface area contributed by atoms with Gasteiger partial charge in [-0.3, -0.25) is 0 Å². The molecule has 144 valence electrons. The molecular formula is C17H10F6O4. The molecule has 4 nitrogen and oxygen atoms in total. The van der Waals surface area contributed by atoms with Gasteiger partial charge in [0, 0.05) is 0 Å². The number of aromatic carboxylic acids is 2. The number of alkyl halides is 6. The molecule has 2 aromatic carbocycles. The largest absolute Gasteiger partial charge is 0.478 e. The first-order chi connectivity index (χ1) is 12.3. The van der Waals surface area contributed by atoms with Gasteiger partial charge in [-0.05, 0) is 41.8 Å². The molecule has 0 heterocycles. The van der Waals surface area contributed by atoms with Crippen LogP contribution in [0.3, 0.4) is 0 Å². The van der Waals surface area contributed by atoms with Crippen molar-refractivity contribution in [3.63, 3.8) is 0 Å². The Morgan fingerprint density at radius 2 is 1.04 bits per heavy atom. The Balaban J connectivity index is 2.49. The number of halogens is 6. The predicted octanol–water partition coefficient (Wildman–Crippen LogP) is 4.71. The first kappa shape index (κ1) is 20.3. The predicted molar refractivity (Wildman–Crippen MR) is 79.6 cm³/mol. The van der Waals surface area contributed by atoms with Gasteiger partial charge in [0.15, 0.2) is 0 Å². The van der Waals surface area contributed by atoms with Crippen molar-refractivity contribution in [2.24, 2.45) is 0 Å². The molecule has 0 saturated heterocycles. The van der Waals surface area contributed by atoms with E-state index in [9.17, 15) is 35.9 Å². The van der Waals surface area contributed by atoms with E-state index in [0.29, 0.717) is 12.1 Å². The summed E-state index contributed by atoms with van der Waals surface area (Å²) < 4.78 is 78.1. The fourth-order valence-corrected chi connectivity index (χ4v) is 2.48. The number of rotatable bonds is 4. The topological polar surface area (TPSA) is 74.6 Å². The quantitative estimate of drug-likeness (QED) is 0.739. The van der Waals surface area contributed by atoms with Crippen LogP contribution in [0.25, 0.3) is 0 Å². The average Bonchev–Trinajstić information content (AvgIpc) is 2.52. The van der Waals surface area contributed by atoms with E-state index >= 15 is 0 Å². The lowest BCUT2D eigenvalue weighted by Gasteiger charge is -2.14. The van der Waals surface area contributed by atoms with Gasteiger partial charge in [0.2, 0.25) is 0 Å². The minimum Gasteiger partial charge on any atom is -0.478 e. The van der Waals surface area contributed by atoms with Crippen LogP contribution in [0.15, 0.2) is 36.4 Å². The van der Waals surface area contributed by atoms with Crippen molar-refractivity contribution in [1.82, 2.24) is 0 Å². The second-order valence-electron chi connectivity index (χ2n) is 5.54. The van der Waals surface area contributed by atoms with E-state index in [1.807, 2.05) is 0 Å². The number of carboxylic acid groups (broad SMARTS) is 2. The molecule has 0 aliphatic carbocycles. The summed E-state index contributed by atoms with van der Waals surface area (Å²) in [5, 5.41) is 17.7. The maximum atomic E-state index is 13.0. The molecule has 0 aliphatic heterocycles. The zero-order valence-electron chi connectivity index (χ0n) is 13.1. The van der Waals surface area contributed by atoms with Crippen LogP contribution in [0.2, 0.25) is 0 Å².